The number of carbonyl (C=O) groups is 1. The minimum atomic E-state index is -0.480. The highest BCUT2D eigenvalue weighted by atomic mass is 16.5. The first-order chi connectivity index (χ1) is 6.63. The maximum atomic E-state index is 11.3. The van der Waals surface area contributed by atoms with E-state index in [4.69, 9.17) is 14.0 Å². The summed E-state index contributed by atoms with van der Waals surface area (Å²) in [6.07, 6.45) is -0.162. The van der Waals surface area contributed by atoms with Crippen LogP contribution >= 0.6 is 0 Å². The van der Waals surface area contributed by atoms with Gasteiger partial charge in [-0.05, 0) is 13.8 Å². The van der Waals surface area contributed by atoms with Crippen LogP contribution in [0.4, 0.5) is 0 Å². The first-order valence-electron chi connectivity index (χ1n) is 4.29. The number of aromatic nitrogens is 1. The van der Waals surface area contributed by atoms with E-state index in [-0.39, 0.29) is 11.8 Å². The summed E-state index contributed by atoms with van der Waals surface area (Å²) in [6.45, 7) is 3.84. The Bertz CT molecular complexity index is 306. The summed E-state index contributed by atoms with van der Waals surface area (Å²) in [6, 6.07) is 1.51. The third-order valence-corrected chi connectivity index (χ3v) is 1.40. The summed E-state index contributed by atoms with van der Waals surface area (Å²) >= 11 is 0. The summed E-state index contributed by atoms with van der Waals surface area (Å²) in [5.74, 6) is 0.0225. The molecule has 0 saturated carbocycles. The van der Waals surface area contributed by atoms with Crippen molar-refractivity contribution >= 4 is 5.97 Å². The fourth-order valence-electron chi connectivity index (χ4n) is 0.894. The lowest BCUT2D eigenvalue weighted by Crippen LogP contribution is -2.11. The topological polar surface area (TPSA) is 61.6 Å². The van der Waals surface area contributed by atoms with Crippen molar-refractivity contribution in [2.45, 2.75) is 26.6 Å². The highest BCUT2D eigenvalue weighted by Gasteiger charge is 2.14. The number of hydrogen-bond donors (Lipinski definition) is 0. The quantitative estimate of drug-likeness (QED) is 0.685. The Morgan fingerprint density at radius 1 is 1.64 bits per heavy atom. The van der Waals surface area contributed by atoms with Gasteiger partial charge in [0, 0.05) is 13.2 Å². The summed E-state index contributed by atoms with van der Waals surface area (Å²) in [4.78, 5) is 11.3. The Morgan fingerprint density at radius 3 is 2.93 bits per heavy atom. The van der Waals surface area contributed by atoms with Crippen molar-refractivity contribution in [3.05, 3.63) is 17.5 Å². The predicted molar refractivity (Wildman–Crippen MR) is 47.8 cm³/mol. The zero-order chi connectivity index (χ0) is 10.6. The first-order valence-corrected chi connectivity index (χ1v) is 4.29. The maximum absolute atomic E-state index is 11.3. The fourth-order valence-corrected chi connectivity index (χ4v) is 0.894. The number of nitrogens with zero attached hydrogens (tertiary/aromatic N) is 1. The van der Waals surface area contributed by atoms with Crippen LogP contribution in [0.15, 0.2) is 10.6 Å². The molecule has 0 spiro atoms. The van der Waals surface area contributed by atoms with Gasteiger partial charge in [0.05, 0.1) is 6.10 Å². The number of hydrogen-bond acceptors (Lipinski definition) is 5. The largest absolute Gasteiger partial charge is 0.458 e. The van der Waals surface area contributed by atoms with Gasteiger partial charge in [-0.2, -0.15) is 0 Å². The highest BCUT2D eigenvalue weighted by molar-refractivity contribution is 5.87. The summed E-state index contributed by atoms with van der Waals surface area (Å²) in [5.41, 5.74) is 0.172. The molecule has 0 unspecified atom stereocenters. The zero-order valence-electron chi connectivity index (χ0n) is 8.44. The van der Waals surface area contributed by atoms with Crippen molar-refractivity contribution in [3.63, 3.8) is 0 Å². The third-order valence-electron chi connectivity index (χ3n) is 1.40. The summed E-state index contributed by atoms with van der Waals surface area (Å²) in [5, 5.41) is 3.56. The standard InChI is InChI=1S/C9H13NO4/c1-6(2)13-9(11)8-4-7(5-12-3)14-10-8/h4,6H,5H2,1-3H3. The van der Waals surface area contributed by atoms with Gasteiger partial charge in [0.2, 0.25) is 0 Å². The average Bonchev–Trinajstić information content (AvgIpc) is 2.52. The molecule has 1 heterocycles. The van der Waals surface area contributed by atoms with Crippen molar-refractivity contribution in [2.75, 3.05) is 7.11 Å². The molecule has 0 bridgehead atoms. The second-order valence-corrected chi connectivity index (χ2v) is 3.07. The van der Waals surface area contributed by atoms with Gasteiger partial charge in [-0.3, -0.25) is 0 Å². The normalized spacial score (nSPS) is 10.6. The van der Waals surface area contributed by atoms with Gasteiger partial charge in [0.1, 0.15) is 6.61 Å². The third kappa shape index (κ3) is 2.85. The molecule has 0 aliphatic carbocycles. The molecule has 1 aromatic rings. The Labute approximate surface area is 82.0 Å². The molecule has 78 valence electrons. The van der Waals surface area contributed by atoms with Crippen molar-refractivity contribution in [1.82, 2.24) is 5.16 Å². The zero-order valence-corrected chi connectivity index (χ0v) is 8.44. The van der Waals surface area contributed by atoms with Crippen molar-refractivity contribution in [2.24, 2.45) is 0 Å². The van der Waals surface area contributed by atoms with Crippen LogP contribution in [0.25, 0.3) is 0 Å². The van der Waals surface area contributed by atoms with Crippen molar-refractivity contribution < 1.29 is 18.8 Å². The molecule has 0 N–H and O–H groups in total. The van der Waals surface area contributed by atoms with Crippen LogP contribution in [-0.2, 0) is 16.1 Å². The Kier molecular flexibility index (Phi) is 3.64. The Hall–Kier alpha value is -1.36. The lowest BCUT2D eigenvalue weighted by Gasteiger charge is -2.04. The number of esters is 1. The smallest absolute Gasteiger partial charge is 0.360 e. The van der Waals surface area contributed by atoms with Gasteiger partial charge in [0.25, 0.3) is 0 Å². The molecule has 1 aromatic heterocycles. The van der Waals surface area contributed by atoms with E-state index in [1.54, 1.807) is 13.8 Å². The number of rotatable bonds is 4. The molecule has 0 radical (unpaired) electrons. The molecule has 0 aliphatic rings. The van der Waals surface area contributed by atoms with Crippen molar-refractivity contribution in [3.8, 4) is 0 Å². The van der Waals surface area contributed by atoms with E-state index in [9.17, 15) is 4.79 Å². The average molecular weight is 199 g/mol. The molecule has 14 heavy (non-hydrogen) atoms. The van der Waals surface area contributed by atoms with E-state index in [0.29, 0.717) is 12.4 Å². The molecule has 0 fully saturated rings. The first kappa shape index (κ1) is 10.7. The Morgan fingerprint density at radius 2 is 2.36 bits per heavy atom. The van der Waals surface area contributed by atoms with E-state index < -0.39 is 5.97 Å². The van der Waals surface area contributed by atoms with E-state index >= 15 is 0 Å². The minimum Gasteiger partial charge on any atom is -0.458 e. The minimum absolute atomic E-state index is 0.162. The van der Waals surface area contributed by atoms with Gasteiger partial charge < -0.3 is 14.0 Å². The van der Waals surface area contributed by atoms with Gasteiger partial charge in [-0.1, -0.05) is 5.16 Å². The highest BCUT2D eigenvalue weighted by Crippen LogP contribution is 2.07. The van der Waals surface area contributed by atoms with Crippen LogP contribution in [0, 0.1) is 0 Å². The van der Waals surface area contributed by atoms with Gasteiger partial charge in [-0.25, -0.2) is 4.79 Å². The SMILES string of the molecule is COCc1cc(C(=O)OC(C)C)no1. The molecule has 0 atom stereocenters. The molecular weight excluding hydrogens is 186 g/mol. The number of ether oxygens (including phenoxy) is 2. The lowest BCUT2D eigenvalue weighted by molar-refractivity contribution is 0.0366. The van der Waals surface area contributed by atoms with E-state index in [1.807, 2.05) is 0 Å². The monoisotopic (exact) mass is 199 g/mol. The van der Waals surface area contributed by atoms with Crippen molar-refractivity contribution in [1.29, 1.82) is 0 Å². The molecule has 0 aromatic carbocycles. The molecule has 0 saturated heterocycles. The predicted octanol–water partition coefficient (Wildman–Crippen LogP) is 1.39. The number of carbonyl (C=O) groups excluding carboxylic acids is 1. The van der Waals surface area contributed by atoms with Crippen LogP contribution in [-0.4, -0.2) is 24.3 Å². The van der Waals surface area contributed by atoms with Crippen LogP contribution < -0.4 is 0 Å². The van der Waals surface area contributed by atoms with Crippen LogP contribution in [0.5, 0.6) is 0 Å². The van der Waals surface area contributed by atoms with Crippen LogP contribution in [0.2, 0.25) is 0 Å². The van der Waals surface area contributed by atoms with Gasteiger partial charge in [0.15, 0.2) is 11.5 Å². The summed E-state index contributed by atoms with van der Waals surface area (Å²) in [7, 11) is 1.54. The number of methoxy groups -OCH3 is 1. The van der Waals surface area contributed by atoms with Gasteiger partial charge >= 0.3 is 5.97 Å². The molecule has 1 rings (SSSR count). The van der Waals surface area contributed by atoms with E-state index in [2.05, 4.69) is 5.16 Å². The van der Waals surface area contributed by atoms with Crippen LogP contribution in [0.3, 0.4) is 0 Å². The molecule has 5 nitrogen and oxygen atoms in total. The summed E-state index contributed by atoms with van der Waals surface area (Å²) < 4.78 is 14.6. The molecule has 0 aliphatic heterocycles. The lowest BCUT2D eigenvalue weighted by atomic mass is 10.3. The molecule has 5 heteroatoms. The van der Waals surface area contributed by atoms with E-state index in [0.717, 1.165) is 0 Å². The molecular formula is C9H13NO4. The maximum Gasteiger partial charge on any atom is 0.360 e. The van der Waals surface area contributed by atoms with E-state index in [1.165, 1.54) is 13.2 Å². The van der Waals surface area contributed by atoms with Crippen LogP contribution in [0.1, 0.15) is 30.1 Å². The Balaban J connectivity index is 2.62. The second-order valence-electron chi connectivity index (χ2n) is 3.07. The molecule has 0 amide bonds. The second kappa shape index (κ2) is 4.76. The fraction of sp³-hybridized carbons (Fsp3) is 0.556. The van der Waals surface area contributed by atoms with Gasteiger partial charge in [-0.15, -0.1) is 0 Å².